The Morgan fingerprint density at radius 2 is 2.00 bits per heavy atom. The molecule has 0 aliphatic carbocycles. The van der Waals surface area contributed by atoms with Gasteiger partial charge in [-0.2, -0.15) is 0 Å². The maximum Gasteiger partial charge on any atom is 0.269 e. The van der Waals surface area contributed by atoms with Crippen molar-refractivity contribution in [3.8, 4) is 0 Å². The van der Waals surface area contributed by atoms with Crippen molar-refractivity contribution in [2.75, 3.05) is 17.3 Å². The molecule has 0 saturated heterocycles. The molecule has 1 amide bonds. The van der Waals surface area contributed by atoms with Gasteiger partial charge in [0.15, 0.2) is 0 Å². The number of carbonyl (C=O) groups excluding carboxylic acids is 1. The molecular weight excluding hydrogens is 310 g/mol. The van der Waals surface area contributed by atoms with E-state index in [1.807, 2.05) is 37.3 Å². The van der Waals surface area contributed by atoms with Gasteiger partial charge in [-0.15, -0.1) is 0 Å². The molecule has 1 aromatic heterocycles. The van der Waals surface area contributed by atoms with Gasteiger partial charge in [-0.3, -0.25) is 9.80 Å². The van der Waals surface area contributed by atoms with Crippen molar-refractivity contribution < 1.29 is 9.42 Å². The van der Waals surface area contributed by atoms with Crippen LogP contribution in [-0.4, -0.2) is 22.8 Å². The maximum absolute atomic E-state index is 12.2. The van der Waals surface area contributed by atoms with E-state index in [2.05, 4.69) is 20.3 Å². The number of hydrogen-bond donors (Lipinski definition) is 4. The minimum atomic E-state index is -0.409. The van der Waals surface area contributed by atoms with Crippen LogP contribution in [0, 0.1) is 0 Å². The molecule has 7 N–H and O–H groups in total. The predicted octanol–water partition coefficient (Wildman–Crippen LogP) is 0.271. The minimum Gasteiger partial charge on any atom is -0.393 e. The summed E-state index contributed by atoms with van der Waals surface area (Å²) >= 11 is 0. The molecule has 0 radical (unpaired) electrons. The van der Waals surface area contributed by atoms with Gasteiger partial charge in [0.2, 0.25) is 11.6 Å². The molecule has 24 heavy (non-hydrogen) atoms. The average molecular weight is 331 g/mol. The number of hydrazine groups is 1. The topological polar surface area (TPSA) is 149 Å². The third kappa shape index (κ3) is 4.02. The summed E-state index contributed by atoms with van der Waals surface area (Å²) in [4.78, 5) is 12.2. The minimum absolute atomic E-state index is 0.00420. The second-order valence-corrected chi connectivity index (χ2v) is 5.05. The van der Waals surface area contributed by atoms with Crippen LogP contribution in [0.25, 0.3) is 0 Å². The van der Waals surface area contributed by atoms with E-state index in [4.69, 9.17) is 17.3 Å². The van der Waals surface area contributed by atoms with E-state index in [-0.39, 0.29) is 17.3 Å². The number of carbonyl (C=O) groups is 1. The highest BCUT2D eigenvalue weighted by Crippen LogP contribution is 2.21. The fourth-order valence-corrected chi connectivity index (χ4v) is 2.17. The summed E-state index contributed by atoms with van der Waals surface area (Å²) in [6.45, 7) is 2.27. The standard InChI is InChI=1S/C15H21N7O2/c1-2-11(22(18)14-13(17)20-24-21-14)12(16)15(23)19-9-8-10-6-4-3-5-7-10/h3-7H,2,8-9,16,18H2,1H3,(H2,17,20)(H,19,23)/b12-11-. The Morgan fingerprint density at radius 3 is 2.58 bits per heavy atom. The lowest BCUT2D eigenvalue weighted by atomic mass is 10.1. The van der Waals surface area contributed by atoms with Crippen LogP contribution in [0.1, 0.15) is 18.9 Å². The number of anilines is 2. The molecule has 0 spiro atoms. The van der Waals surface area contributed by atoms with Crippen molar-refractivity contribution in [3.05, 3.63) is 47.3 Å². The Kier molecular flexibility index (Phi) is 5.74. The highest BCUT2D eigenvalue weighted by Gasteiger charge is 2.20. The number of hydrogen-bond acceptors (Lipinski definition) is 8. The molecular formula is C15H21N7O2. The average Bonchev–Trinajstić information content (AvgIpc) is 3.02. The summed E-state index contributed by atoms with van der Waals surface area (Å²) < 4.78 is 4.50. The number of nitrogens with two attached hydrogens (primary N) is 3. The number of benzene rings is 1. The monoisotopic (exact) mass is 331 g/mol. The lowest BCUT2D eigenvalue weighted by molar-refractivity contribution is -0.117. The van der Waals surface area contributed by atoms with Gasteiger partial charge in [0, 0.05) is 6.54 Å². The highest BCUT2D eigenvalue weighted by molar-refractivity contribution is 5.93. The number of rotatable bonds is 7. The molecule has 1 heterocycles. The van der Waals surface area contributed by atoms with Crippen LogP contribution in [0.5, 0.6) is 0 Å². The lowest BCUT2D eigenvalue weighted by Gasteiger charge is -2.20. The number of amides is 1. The van der Waals surface area contributed by atoms with Gasteiger partial charge >= 0.3 is 0 Å². The van der Waals surface area contributed by atoms with Crippen molar-refractivity contribution in [2.45, 2.75) is 19.8 Å². The Balaban J connectivity index is 2.02. The number of aromatic nitrogens is 2. The third-order valence-electron chi connectivity index (χ3n) is 3.45. The van der Waals surface area contributed by atoms with Crippen molar-refractivity contribution in [1.29, 1.82) is 0 Å². The summed E-state index contributed by atoms with van der Waals surface area (Å²) in [6, 6.07) is 9.82. The molecule has 2 aromatic rings. The number of nitrogen functional groups attached to an aromatic ring is 1. The first-order valence-corrected chi connectivity index (χ1v) is 7.48. The van der Waals surface area contributed by atoms with Crippen LogP contribution in [0.2, 0.25) is 0 Å². The van der Waals surface area contributed by atoms with Gasteiger partial charge in [0.1, 0.15) is 5.70 Å². The fourth-order valence-electron chi connectivity index (χ4n) is 2.17. The van der Waals surface area contributed by atoms with Crippen LogP contribution in [0.4, 0.5) is 11.6 Å². The van der Waals surface area contributed by atoms with Crippen LogP contribution in [0.3, 0.4) is 0 Å². The zero-order valence-corrected chi connectivity index (χ0v) is 13.4. The van der Waals surface area contributed by atoms with Crippen molar-refractivity contribution in [1.82, 2.24) is 15.6 Å². The molecule has 128 valence electrons. The quantitative estimate of drug-likeness (QED) is 0.321. The molecule has 0 unspecified atom stereocenters. The first-order valence-electron chi connectivity index (χ1n) is 7.48. The van der Waals surface area contributed by atoms with E-state index >= 15 is 0 Å². The number of nitrogens with one attached hydrogen (secondary N) is 1. The molecule has 0 aliphatic heterocycles. The van der Waals surface area contributed by atoms with Crippen molar-refractivity contribution >= 4 is 17.5 Å². The summed E-state index contributed by atoms with van der Waals surface area (Å²) in [5, 5.41) is 10.9. The van der Waals surface area contributed by atoms with E-state index in [0.717, 1.165) is 10.6 Å². The van der Waals surface area contributed by atoms with Gasteiger partial charge < -0.3 is 16.8 Å². The molecule has 0 aliphatic rings. The second-order valence-electron chi connectivity index (χ2n) is 5.05. The SMILES string of the molecule is CC/C(=C(/N)C(=O)NCCc1ccccc1)N(N)c1nonc1N. The van der Waals surface area contributed by atoms with E-state index in [9.17, 15) is 4.79 Å². The fraction of sp³-hybridized carbons (Fsp3) is 0.267. The molecule has 9 heteroatoms. The summed E-state index contributed by atoms with van der Waals surface area (Å²) in [5.74, 6) is 5.64. The lowest BCUT2D eigenvalue weighted by Crippen LogP contribution is -2.38. The van der Waals surface area contributed by atoms with E-state index in [1.165, 1.54) is 0 Å². The highest BCUT2D eigenvalue weighted by atomic mass is 16.6. The van der Waals surface area contributed by atoms with Crippen molar-refractivity contribution in [3.63, 3.8) is 0 Å². The largest absolute Gasteiger partial charge is 0.393 e. The van der Waals surface area contributed by atoms with E-state index in [1.54, 1.807) is 0 Å². The van der Waals surface area contributed by atoms with Crippen LogP contribution in [-0.2, 0) is 11.2 Å². The van der Waals surface area contributed by atoms with Crippen LogP contribution >= 0.6 is 0 Å². The Labute approximate surface area is 139 Å². The van der Waals surface area contributed by atoms with E-state index < -0.39 is 5.91 Å². The molecule has 0 bridgehead atoms. The Morgan fingerprint density at radius 1 is 1.29 bits per heavy atom. The molecule has 0 saturated carbocycles. The molecule has 9 nitrogen and oxygen atoms in total. The van der Waals surface area contributed by atoms with Gasteiger partial charge in [-0.1, -0.05) is 37.3 Å². The molecule has 1 aromatic carbocycles. The van der Waals surface area contributed by atoms with Gasteiger partial charge in [-0.05, 0) is 28.7 Å². The summed E-state index contributed by atoms with van der Waals surface area (Å²) in [7, 11) is 0. The van der Waals surface area contributed by atoms with E-state index in [0.29, 0.717) is 25.1 Å². The predicted molar refractivity (Wildman–Crippen MR) is 90.0 cm³/mol. The summed E-state index contributed by atoms with van der Waals surface area (Å²) in [5.41, 5.74) is 13.0. The second kappa shape index (κ2) is 7.97. The maximum atomic E-state index is 12.2. The normalized spacial score (nSPS) is 11.8. The van der Waals surface area contributed by atoms with Gasteiger partial charge in [-0.25, -0.2) is 10.5 Å². The molecule has 0 fully saturated rings. The molecule has 2 rings (SSSR count). The zero-order valence-electron chi connectivity index (χ0n) is 13.4. The van der Waals surface area contributed by atoms with Crippen LogP contribution < -0.4 is 27.6 Å². The number of nitrogens with zero attached hydrogens (tertiary/aromatic N) is 3. The third-order valence-corrected chi connectivity index (χ3v) is 3.45. The zero-order chi connectivity index (χ0) is 17.5. The van der Waals surface area contributed by atoms with Gasteiger partial charge in [0.05, 0.1) is 5.70 Å². The molecule has 0 atom stereocenters. The van der Waals surface area contributed by atoms with Gasteiger partial charge in [0.25, 0.3) is 5.91 Å². The first kappa shape index (κ1) is 17.3. The van der Waals surface area contributed by atoms with Crippen molar-refractivity contribution in [2.24, 2.45) is 11.6 Å². The Hall–Kier alpha value is -3.07. The first-order chi connectivity index (χ1) is 11.5. The smallest absolute Gasteiger partial charge is 0.269 e. The summed E-state index contributed by atoms with van der Waals surface area (Å²) in [6.07, 6.45) is 1.11. The Bertz CT molecular complexity index is 712. The van der Waals surface area contributed by atoms with Crippen LogP contribution in [0.15, 0.2) is 46.4 Å². The number of allylic oxidation sites excluding steroid dienone is 1.